The summed E-state index contributed by atoms with van der Waals surface area (Å²) in [4.78, 5) is 0. The van der Waals surface area contributed by atoms with Crippen LogP contribution in [0.3, 0.4) is 0 Å². The molecule has 2 heteroatoms. The maximum Gasteiger partial charge on any atom is 0.145 e. The van der Waals surface area contributed by atoms with Crippen LogP contribution in [0.1, 0.15) is 6.92 Å². The molecular weight excluding hydrogens is 92.1 g/mol. The first-order chi connectivity index (χ1) is 3.34. The van der Waals surface area contributed by atoms with Gasteiger partial charge in [-0.3, -0.25) is 0 Å². The van der Waals surface area contributed by atoms with Gasteiger partial charge < -0.3 is 9.84 Å². The lowest BCUT2D eigenvalue weighted by molar-refractivity contribution is 0.0633. The van der Waals surface area contributed by atoms with Crippen LogP contribution in [0.2, 0.25) is 0 Å². The maximum absolute atomic E-state index is 8.39. The summed E-state index contributed by atoms with van der Waals surface area (Å²) in [7, 11) is 0. The minimum atomic E-state index is -0.000000000000000222. The third-order valence-corrected chi connectivity index (χ3v) is 1.09. The molecule has 0 bridgehead atoms. The van der Waals surface area contributed by atoms with Crippen molar-refractivity contribution >= 4 is 0 Å². The second-order valence-corrected chi connectivity index (χ2v) is 1.67. The highest BCUT2D eigenvalue weighted by Crippen LogP contribution is 2.15. The lowest BCUT2D eigenvalue weighted by Crippen LogP contribution is -2.23. The number of rotatable bonds is 1. The molecular formula is C5H8O2. The average molecular weight is 100 g/mol. The summed E-state index contributed by atoms with van der Waals surface area (Å²) in [6.07, 6.45) is 1.65. The predicted molar refractivity (Wildman–Crippen MR) is 25.7 cm³/mol. The highest BCUT2D eigenvalue weighted by molar-refractivity contribution is 5.09. The zero-order valence-electron chi connectivity index (χ0n) is 4.22. The summed E-state index contributed by atoms with van der Waals surface area (Å²) >= 11 is 0. The normalized spacial score (nSPS) is 27.7. The monoisotopic (exact) mass is 100 g/mol. The third kappa shape index (κ3) is 0.611. The minimum Gasteiger partial charge on any atom is -0.491 e. The topological polar surface area (TPSA) is 29.5 Å². The van der Waals surface area contributed by atoms with Crippen LogP contribution in [0.5, 0.6) is 0 Å². The molecule has 0 radical (unpaired) electrons. The van der Waals surface area contributed by atoms with E-state index >= 15 is 0 Å². The molecule has 0 saturated carbocycles. The van der Waals surface area contributed by atoms with E-state index in [1.54, 1.807) is 6.26 Å². The Labute approximate surface area is 42.4 Å². The largest absolute Gasteiger partial charge is 0.491 e. The van der Waals surface area contributed by atoms with E-state index in [0.717, 1.165) is 5.57 Å². The van der Waals surface area contributed by atoms with Crippen LogP contribution in [-0.2, 0) is 4.74 Å². The van der Waals surface area contributed by atoms with Crippen LogP contribution in [0.4, 0.5) is 0 Å². The molecule has 1 aliphatic heterocycles. The van der Waals surface area contributed by atoms with Gasteiger partial charge in [0.15, 0.2) is 0 Å². The van der Waals surface area contributed by atoms with Crippen molar-refractivity contribution in [2.24, 2.45) is 0 Å². The van der Waals surface area contributed by atoms with Crippen molar-refractivity contribution < 1.29 is 9.84 Å². The summed E-state index contributed by atoms with van der Waals surface area (Å²) in [5.74, 6) is 0. The quantitative estimate of drug-likeness (QED) is 0.513. The van der Waals surface area contributed by atoms with Crippen molar-refractivity contribution in [3.8, 4) is 0 Å². The molecule has 0 aromatic rings. The second-order valence-electron chi connectivity index (χ2n) is 1.67. The molecule has 0 aromatic carbocycles. The van der Waals surface area contributed by atoms with Crippen LogP contribution in [0.25, 0.3) is 0 Å². The van der Waals surface area contributed by atoms with Gasteiger partial charge in [-0.2, -0.15) is 0 Å². The van der Waals surface area contributed by atoms with Gasteiger partial charge in [0.25, 0.3) is 0 Å². The van der Waals surface area contributed by atoms with E-state index in [-0.39, 0.29) is 12.7 Å². The van der Waals surface area contributed by atoms with Gasteiger partial charge >= 0.3 is 0 Å². The van der Waals surface area contributed by atoms with Crippen molar-refractivity contribution in [1.82, 2.24) is 0 Å². The van der Waals surface area contributed by atoms with Crippen LogP contribution in [0, 0.1) is 0 Å². The Hall–Kier alpha value is -0.500. The molecule has 0 saturated heterocycles. The Bertz CT molecular complexity index is 96.3. The number of aliphatic hydroxyl groups excluding tert-OH is 1. The highest BCUT2D eigenvalue weighted by Gasteiger charge is 2.16. The van der Waals surface area contributed by atoms with E-state index in [1.807, 2.05) is 6.92 Å². The Morgan fingerprint density at radius 3 is 2.71 bits per heavy atom. The first-order valence-electron chi connectivity index (χ1n) is 2.27. The van der Waals surface area contributed by atoms with Crippen molar-refractivity contribution in [2.75, 3.05) is 6.61 Å². The van der Waals surface area contributed by atoms with Crippen LogP contribution in [-0.4, -0.2) is 17.8 Å². The first kappa shape index (κ1) is 4.65. The van der Waals surface area contributed by atoms with Crippen LogP contribution < -0.4 is 0 Å². The van der Waals surface area contributed by atoms with Crippen molar-refractivity contribution in [3.63, 3.8) is 0 Å². The van der Waals surface area contributed by atoms with E-state index in [9.17, 15) is 0 Å². The maximum atomic E-state index is 8.39. The molecule has 0 fully saturated rings. The van der Waals surface area contributed by atoms with Crippen molar-refractivity contribution in [1.29, 1.82) is 0 Å². The predicted octanol–water partition coefficient (Wildman–Crippen LogP) is 0.281. The lowest BCUT2D eigenvalue weighted by atomic mass is 10.1. The van der Waals surface area contributed by atoms with Crippen LogP contribution in [0.15, 0.2) is 11.8 Å². The summed E-state index contributed by atoms with van der Waals surface area (Å²) in [6, 6.07) is 0. The minimum absolute atomic E-state index is 0.000000000000000222. The molecule has 0 spiro atoms. The standard InChI is InChI=1S/C5H8O2/c1-4-3-7-5(4)2-6/h3,5-6H,2H2,1H3. The summed E-state index contributed by atoms with van der Waals surface area (Å²) in [6.45, 7) is 2.05. The Morgan fingerprint density at radius 2 is 2.71 bits per heavy atom. The van der Waals surface area contributed by atoms with Crippen molar-refractivity contribution in [3.05, 3.63) is 11.8 Å². The second kappa shape index (κ2) is 1.54. The number of ether oxygens (including phenoxy) is 1. The molecule has 1 N–H and O–H groups in total. The summed E-state index contributed by atoms with van der Waals surface area (Å²) in [5.41, 5.74) is 1.13. The summed E-state index contributed by atoms with van der Waals surface area (Å²) in [5, 5.41) is 8.39. The zero-order chi connectivity index (χ0) is 5.28. The molecule has 1 unspecified atom stereocenters. The van der Waals surface area contributed by atoms with E-state index in [2.05, 4.69) is 0 Å². The summed E-state index contributed by atoms with van der Waals surface area (Å²) < 4.78 is 4.78. The van der Waals surface area contributed by atoms with E-state index < -0.39 is 0 Å². The molecule has 1 aliphatic rings. The SMILES string of the molecule is CC1=COC1CO. The smallest absolute Gasteiger partial charge is 0.145 e. The molecule has 1 rings (SSSR count). The number of hydrogen-bond acceptors (Lipinski definition) is 2. The molecule has 0 aromatic heterocycles. The average Bonchev–Trinajstić information content (AvgIpc) is 1.65. The van der Waals surface area contributed by atoms with Gasteiger partial charge in [0.2, 0.25) is 0 Å². The number of hydrogen-bond donors (Lipinski definition) is 1. The van der Waals surface area contributed by atoms with Gasteiger partial charge in [-0.15, -0.1) is 0 Å². The molecule has 40 valence electrons. The number of aliphatic hydroxyl groups is 1. The fraction of sp³-hybridized carbons (Fsp3) is 0.600. The Morgan fingerprint density at radius 1 is 2.00 bits per heavy atom. The van der Waals surface area contributed by atoms with Crippen LogP contribution >= 0.6 is 0 Å². The van der Waals surface area contributed by atoms with Gasteiger partial charge in [-0.1, -0.05) is 0 Å². The molecule has 0 amide bonds. The fourth-order valence-corrected chi connectivity index (χ4v) is 0.487. The molecule has 2 nitrogen and oxygen atoms in total. The van der Waals surface area contributed by atoms with Gasteiger partial charge in [0, 0.05) is 5.57 Å². The molecule has 0 aliphatic carbocycles. The Balaban J connectivity index is 2.37. The van der Waals surface area contributed by atoms with Crippen molar-refractivity contribution in [2.45, 2.75) is 13.0 Å². The van der Waals surface area contributed by atoms with E-state index in [1.165, 1.54) is 0 Å². The fourth-order valence-electron chi connectivity index (χ4n) is 0.487. The first-order valence-corrected chi connectivity index (χ1v) is 2.27. The molecule has 1 heterocycles. The third-order valence-electron chi connectivity index (χ3n) is 1.09. The molecule has 7 heavy (non-hydrogen) atoms. The lowest BCUT2D eigenvalue weighted by Gasteiger charge is -2.22. The highest BCUT2D eigenvalue weighted by atomic mass is 16.5. The Kier molecular flexibility index (Phi) is 1.02. The van der Waals surface area contributed by atoms with Gasteiger partial charge in [-0.25, -0.2) is 0 Å². The molecule has 1 atom stereocenters. The van der Waals surface area contributed by atoms with Gasteiger partial charge in [0.05, 0.1) is 12.9 Å². The van der Waals surface area contributed by atoms with Gasteiger partial charge in [0.1, 0.15) is 6.10 Å². The van der Waals surface area contributed by atoms with E-state index in [0.29, 0.717) is 0 Å². The van der Waals surface area contributed by atoms with E-state index in [4.69, 9.17) is 9.84 Å². The zero-order valence-corrected chi connectivity index (χ0v) is 4.22. The van der Waals surface area contributed by atoms with Gasteiger partial charge in [-0.05, 0) is 6.92 Å².